The smallest absolute Gasteiger partial charge is 0.191 e. The highest BCUT2D eigenvalue weighted by Crippen LogP contribution is 2.31. The number of carbonyl (C=O) groups is 1. The molecule has 0 saturated heterocycles. The molecule has 0 unspecified atom stereocenters. The van der Waals surface area contributed by atoms with Crippen LogP contribution in [0.1, 0.15) is 25.8 Å². The molecule has 2 nitrogen and oxygen atoms in total. The molecule has 0 atom stereocenters. The van der Waals surface area contributed by atoms with Gasteiger partial charge < -0.3 is 4.74 Å². The first-order chi connectivity index (χ1) is 9.63. The third kappa shape index (κ3) is 3.38. The number of thiocarbonyl (C=S) groups is 1. The van der Waals surface area contributed by atoms with Gasteiger partial charge in [-0.05, 0) is 36.2 Å². The number of rotatable bonds is 4. The van der Waals surface area contributed by atoms with E-state index in [9.17, 15) is 4.79 Å². The molecular formula is C16H16O2S2. The van der Waals surface area contributed by atoms with Crippen molar-refractivity contribution in [1.82, 2.24) is 0 Å². The van der Waals surface area contributed by atoms with Crippen LogP contribution in [0.15, 0.2) is 41.3 Å². The summed E-state index contributed by atoms with van der Waals surface area (Å²) in [7, 11) is 0. The topological polar surface area (TPSA) is 26.3 Å². The molecule has 0 aromatic heterocycles. The highest BCUT2D eigenvalue weighted by molar-refractivity contribution is 8.13. The number of thioether (sulfide) groups is 1. The fraction of sp³-hybridized carbons (Fsp3) is 0.250. The molecule has 2 rings (SSSR count). The van der Waals surface area contributed by atoms with Gasteiger partial charge >= 0.3 is 0 Å². The van der Waals surface area contributed by atoms with Gasteiger partial charge in [-0.25, -0.2) is 0 Å². The lowest BCUT2D eigenvalue weighted by molar-refractivity contribution is -0.109. The maximum atomic E-state index is 11.4. The summed E-state index contributed by atoms with van der Waals surface area (Å²) in [5.74, 6) is 0. The van der Waals surface area contributed by atoms with Gasteiger partial charge in [0, 0.05) is 22.8 Å². The van der Waals surface area contributed by atoms with Crippen LogP contribution < -0.4 is 0 Å². The number of hydrogen-bond acceptors (Lipinski definition) is 4. The molecule has 0 fully saturated rings. The van der Waals surface area contributed by atoms with Gasteiger partial charge in [-0.2, -0.15) is 0 Å². The van der Waals surface area contributed by atoms with E-state index in [2.05, 4.69) is 0 Å². The number of benzene rings is 2. The molecule has 0 spiro atoms. The van der Waals surface area contributed by atoms with E-state index < -0.39 is 0 Å². The van der Waals surface area contributed by atoms with E-state index in [1.54, 1.807) is 6.92 Å². The fourth-order valence-corrected chi connectivity index (χ4v) is 3.03. The van der Waals surface area contributed by atoms with Gasteiger partial charge in [0.2, 0.25) is 0 Å². The molecular weight excluding hydrogens is 288 g/mol. The van der Waals surface area contributed by atoms with E-state index in [1.165, 1.54) is 11.8 Å². The Morgan fingerprint density at radius 3 is 2.60 bits per heavy atom. The van der Waals surface area contributed by atoms with Crippen molar-refractivity contribution in [3.8, 4) is 0 Å². The van der Waals surface area contributed by atoms with Crippen molar-refractivity contribution in [2.45, 2.75) is 25.2 Å². The molecule has 4 heteroatoms. The van der Waals surface area contributed by atoms with Gasteiger partial charge in [0.1, 0.15) is 0 Å². The Labute approximate surface area is 128 Å². The summed E-state index contributed by atoms with van der Waals surface area (Å²) in [5.41, 5.74) is 0.885. The minimum atomic E-state index is 0.0627. The third-order valence-corrected chi connectivity index (χ3v) is 3.96. The molecule has 2 aromatic carbocycles. The van der Waals surface area contributed by atoms with Crippen LogP contribution in [0.3, 0.4) is 0 Å². The second-order valence-corrected chi connectivity index (χ2v) is 5.98. The molecule has 0 amide bonds. The van der Waals surface area contributed by atoms with Crippen molar-refractivity contribution in [2.24, 2.45) is 0 Å². The highest BCUT2D eigenvalue weighted by atomic mass is 32.2. The summed E-state index contributed by atoms with van der Waals surface area (Å²) in [6, 6.07) is 11.8. The number of ether oxygens (including phenoxy) is 1. The maximum Gasteiger partial charge on any atom is 0.191 e. The SMILES string of the molecule is CCCOC(=S)c1cccc2cccc(SC(C)=O)c12. The van der Waals surface area contributed by atoms with Crippen LogP contribution in [-0.4, -0.2) is 16.8 Å². The molecule has 2 aromatic rings. The Balaban J connectivity index is 2.53. The van der Waals surface area contributed by atoms with Crippen LogP contribution in [0, 0.1) is 0 Å². The van der Waals surface area contributed by atoms with Crippen LogP contribution in [0.25, 0.3) is 10.8 Å². The third-order valence-electron chi connectivity index (χ3n) is 2.78. The first-order valence-corrected chi connectivity index (χ1v) is 7.73. The summed E-state index contributed by atoms with van der Waals surface area (Å²) in [5, 5.41) is 2.62. The minimum Gasteiger partial charge on any atom is -0.483 e. The van der Waals surface area contributed by atoms with Crippen molar-refractivity contribution in [3.63, 3.8) is 0 Å². The summed E-state index contributed by atoms with van der Waals surface area (Å²) in [6.45, 7) is 4.22. The summed E-state index contributed by atoms with van der Waals surface area (Å²) >= 11 is 6.60. The first kappa shape index (κ1) is 15.0. The largest absolute Gasteiger partial charge is 0.483 e. The van der Waals surface area contributed by atoms with Crippen LogP contribution in [-0.2, 0) is 9.53 Å². The molecule has 0 aliphatic heterocycles. The minimum absolute atomic E-state index is 0.0627. The Kier molecular flexibility index (Phi) is 5.15. The second-order valence-electron chi connectivity index (χ2n) is 4.39. The number of fused-ring (bicyclic) bond motifs is 1. The normalized spacial score (nSPS) is 10.5. The van der Waals surface area contributed by atoms with Gasteiger partial charge in [-0.3, -0.25) is 4.79 Å². The van der Waals surface area contributed by atoms with Gasteiger partial charge in [-0.1, -0.05) is 43.0 Å². The summed E-state index contributed by atoms with van der Waals surface area (Å²) < 4.78 is 5.58. The van der Waals surface area contributed by atoms with E-state index in [4.69, 9.17) is 17.0 Å². The van der Waals surface area contributed by atoms with Crippen LogP contribution in [0.2, 0.25) is 0 Å². The first-order valence-electron chi connectivity index (χ1n) is 6.50. The molecule has 0 bridgehead atoms. The molecule has 0 heterocycles. The zero-order chi connectivity index (χ0) is 14.5. The zero-order valence-electron chi connectivity index (χ0n) is 11.5. The predicted octanol–water partition coefficient (Wildman–Crippen LogP) is 4.58. The van der Waals surface area contributed by atoms with Crippen molar-refractivity contribution < 1.29 is 9.53 Å². The monoisotopic (exact) mass is 304 g/mol. The molecule has 0 aliphatic rings. The Bertz CT molecular complexity index is 645. The van der Waals surface area contributed by atoms with Crippen molar-refractivity contribution in [1.29, 1.82) is 0 Å². The van der Waals surface area contributed by atoms with Crippen molar-refractivity contribution in [2.75, 3.05) is 6.61 Å². The van der Waals surface area contributed by atoms with Gasteiger partial charge in [-0.15, -0.1) is 0 Å². The number of carbonyl (C=O) groups excluding carboxylic acids is 1. The summed E-state index contributed by atoms with van der Waals surface area (Å²) in [4.78, 5) is 12.3. The standard InChI is InChI=1S/C16H16O2S2/c1-3-10-18-16(19)13-8-4-6-12-7-5-9-14(15(12)13)20-11(2)17/h4-9H,3,10H2,1-2H3. The van der Waals surface area contributed by atoms with Crippen molar-refractivity contribution in [3.05, 3.63) is 42.0 Å². The average molecular weight is 304 g/mol. The van der Waals surface area contributed by atoms with Gasteiger partial charge in [0.05, 0.1) is 6.61 Å². The molecule has 20 heavy (non-hydrogen) atoms. The average Bonchev–Trinajstić information content (AvgIpc) is 2.43. The van der Waals surface area contributed by atoms with E-state index in [1.807, 2.05) is 43.3 Å². The van der Waals surface area contributed by atoms with E-state index in [0.29, 0.717) is 11.7 Å². The molecule has 0 radical (unpaired) electrons. The quantitative estimate of drug-likeness (QED) is 0.610. The lowest BCUT2D eigenvalue weighted by Crippen LogP contribution is -2.05. The van der Waals surface area contributed by atoms with Crippen LogP contribution >= 0.6 is 24.0 Å². The lowest BCUT2D eigenvalue weighted by Gasteiger charge is -2.12. The predicted molar refractivity (Wildman–Crippen MR) is 88.4 cm³/mol. The molecule has 104 valence electrons. The van der Waals surface area contributed by atoms with Gasteiger partial charge in [0.15, 0.2) is 10.2 Å². The Morgan fingerprint density at radius 2 is 1.95 bits per heavy atom. The number of hydrogen-bond donors (Lipinski definition) is 0. The fourth-order valence-electron chi connectivity index (χ4n) is 1.99. The second kappa shape index (κ2) is 6.86. The van der Waals surface area contributed by atoms with Crippen LogP contribution in [0.4, 0.5) is 0 Å². The Morgan fingerprint density at radius 1 is 1.25 bits per heavy atom. The summed E-state index contributed by atoms with van der Waals surface area (Å²) in [6.07, 6.45) is 0.917. The Hall–Kier alpha value is -1.39. The molecule has 0 saturated carbocycles. The van der Waals surface area contributed by atoms with E-state index in [0.717, 1.165) is 27.7 Å². The van der Waals surface area contributed by atoms with E-state index in [-0.39, 0.29) is 5.12 Å². The van der Waals surface area contributed by atoms with E-state index >= 15 is 0 Å². The van der Waals surface area contributed by atoms with Gasteiger partial charge in [0.25, 0.3) is 0 Å². The zero-order valence-corrected chi connectivity index (χ0v) is 13.1. The lowest BCUT2D eigenvalue weighted by atomic mass is 10.1. The van der Waals surface area contributed by atoms with Crippen molar-refractivity contribution >= 4 is 44.9 Å². The highest BCUT2D eigenvalue weighted by Gasteiger charge is 2.12. The molecule has 0 N–H and O–H groups in total. The maximum absolute atomic E-state index is 11.4. The van der Waals surface area contributed by atoms with Crippen LogP contribution in [0.5, 0.6) is 0 Å². The molecule has 0 aliphatic carbocycles.